The summed E-state index contributed by atoms with van der Waals surface area (Å²) in [6.45, 7) is 7.54. The number of nitrogens with one attached hydrogen (secondary N) is 1. The molecule has 0 radical (unpaired) electrons. The summed E-state index contributed by atoms with van der Waals surface area (Å²) >= 11 is 0. The molecule has 0 spiro atoms. The zero-order chi connectivity index (χ0) is 26.4. The van der Waals surface area contributed by atoms with E-state index < -0.39 is 17.9 Å². The van der Waals surface area contributed by atoms with Gasteiger partial charge in [-0.2, -0.15) is 0 Å². The van der Waals surface area contributed by atoms with E-state index in [1.54, 1.807) is 13.8 Å². The van der Waals surface area contributed by atoms with E-state index in [9.17, 15) is 9.59 Å². The van der Waals surface area contributed by atoms with Crippen molar-refractivity contribution < 1.29 is 23.6 Å². The summed E-state index contributed by atoms with van der Waals surface area (Å²) < 4.78 is 16.9. The highest BCUT2D eigenvalue weighted by Gasteiger charge is 2.42. The van der Waals surface area contributed by atoms with Gasteiger partial charge in [0.2, 0.25) is 0 Å². The number of hydrogen-bond acceptors (Lipinski definition) is 7. The molecule has 4 rings (SSSR count). The topological polar surface area (TPSA) is 90.7 Å². The molecule has 1 aliphatic heterocycles. The van der Waals surface area contributed by atoms with Crippen LogP contribution in [0.2, 0.25) is 0 Å². The van der Waals surface area contributed by atoms with Gasteiger partial charge in [-0.3, -0.25) is 0 Å². The van der Waals surface area contributed by atoms with Crippen molar-refractivity contribution in [1.82, 2.24) is 10.5 Å². The number of aromatic nitrogens is 1. The number of aryl methyl sites for hydroxylation is 2. The van der Waals surface area contributed by atoms with E-state index in [1.807, 2.05) is 62.4 Å². The molecular formula is C30H32N2O5. The molecule has 0 bridgehead atoms. The van der Waals surface area contributed by atoms with E-state index in [4.69, 9.17) is 14.0 Å². The molecular weight excluding hydrogens is 468 g/mol. The number of allylic oxidation sites excluding steroid dienone is 2. The van der Waals surface area contributed by atoms with Crippen LogP contribution >= 0.6 is 0 Å². The van der Waals surface area contributed by atoms with Gasteiger partial charge in [-0.1, -0.05) is 65.8 Å². The van der Waals surface area contributed by atoms with Crippen LogP contribution in [0.15, 0.2) is 87.7 Å². The van der Waals surface area contributed by atoms with Gasteiger partial charge in [0, 0.05) is 28.9 Å². The predicted molar refractivity (Wildman–Crippen MR) is 140 cm³/mol. The smallest absolute Gasteiger partial charge is 0.336 e. The number of nitrogens with zero attached hydrogens (tertiary/aromatic N) is 1. The van der Waals surface area contributed by atoms with E-state index in [0.29, 0.717) is 52.4 Å². The second-order valence-electron chi connectivity index (χ2n) is 8.80. The van der Waals surface area contributed by atoms with Crippen LogP contribution in [0.3, 0.4) is 0 Å². The number of carbonyl (C=O) groups excluding carboxylic acids is 2. The highest BCUT2D eigenvalue weighted by molar-refractivity contribution is 6.00. The first kappa shape index (κ1) is 25.9. The Labute approximate surface area is 217 Å². The lowest BCUT2D eigenvalue weighted by atomic mass is 9.78. The van der Waals surface area contributed by atoms with Gasteiger partial charge in [-0.15, -0.1) is 0 Å². The van der Waals surface area contributed by atoms with E-state index >= 15 is 0 Å². The summed E-state index contributed by atoms with van der Waals surface area (Å²) in [6.07, 6.45) is 1.24. The lowest BCUT2D eigenvalue weighted by Gasteiger charge is -2.30. The van der Waals surface area contributed by atoms with Crippen molar-refractivity contribution >= 4 is 11.9 Å². The van der Waals surface area contributed by atoms with Gasteiger partial charge in [-0.05, 0) is 39.7 Å². The second-order valence-corrected chi connectivity index (χ2v) is 8.80. The number of benzene rings is 2. The fraction of sp³-hybridized carbons (Fsp3) is 0.300. The molecule has 2 heterocycles. The first-order valence-electron chi connectivity index (χ1n) is 12.6. The second kappa shape index (κ2) is 11.7. The standard InChI is InChI=1S/C30H32N2O5/c1-5-35-29(33)24-19(3)31-20(4)25(30(34)36-6-2)27(24)26-23(18-17-21-13-9-7-10-14-21)37-32-28(26)22-15-11-8-12-16-22/h7-16,27,31H,5-6,17-18H2,1-4H3. The number of hydrogen-bond donors (Lipinski definition) is 1. The van der Waals surface area contributed by atoms with Crippen LogP contribution in [-0.2, 0) is 31.9 Å². The Morgan fingerprint density at radius 3 is 1.92 bits per heavy atom. The maximum Gasteiger partial charge on any atom is 0.336 e. The lowest BCUT2D eigenvalue weighted by molar-refractivity contribution is -0.139. The molecule has 7 heteroatoms. The van der Waals surface area contributed by atoms with Gasteiger partial charge in [0.25, 0.3) is 0 Å². The van der Waals surface area contributed by atoms with Crippen molar-refractivity contribution in [1.29, 1.82) is 0 Å². The Morgan fingerprint density at radius 1 is 0.838 bits per heavy atom. The third kappa shape index (κ3) is 5.50. The van der Waals surface area contributed by atoms with Gasteiger partial charge in [0.15, 0.2) is 0 Å². The Bertz CT molecular complexity index is 1280. The number of ether oxygens (including phenoxy) is 2. The zero-order valence-electron chi connectivity index (χ0n) is 21.7. The summed E-state index contributed by atoms with van der Waals surface area (Å²) in [5.74, 6) is -1.16. The molecule has 1 N–H and O–H groups in total. The average molecular weight is 501 g/mol. The van der Waals surface area contributed by atoms with Gasteiger partial charge in [0.1, 0.15) is 11.5 Å². The fourth-order valence-corrected chi connectivity index (χ4v) is 4.76. The first-order chi connectivity index (χ1) is 18.0. The van der Waals surface area contributed by atoms with Crippen molar-refractivity contribution in [3.8, 4) is 11.3 Å². The summed E-state index contributed by atoms with van der Waals surface area (Å²) in [5, 5.41) is 7.65. The Morgan fingerprint density at radius 2 is 1.38 bits per heavy atom. The average Bonchev–Trinajstić information content (AvgIpc) is 3.32. The first-order valence-corrected chi connectivity index (χ1v) is 12.6. The van der Waals surface area contributed by atoms with Crippen LogP contribution in [0.4, 0.5) is 0 Å². The molecule has 2 aromatic carbocycles. The summed E-state index contributed by atoms with van der Waals surface area (Å²) in [7, 11) is 0. The lowest BCUT2D eigenvalue weighted by Crippen LogP contribution is -2.33. The minimum atomic E-state index is -0.772. The number of esters is 2. The molecule has 192 valence electrons. The van der Waals surface area contributed by atoms with Crippen LogP contribution < -0.4 is 5.32 Å². The van der Waals surface area contributed by atoms with Gasteiger partial charge < -0.3 is 19.3 Å². The molecule has 0 saturated heterocycles. The van der Waals surface area contributed by atoms with E-state index in [1.165, 1.54) is 0 Å². The highest BCUT2D eigenvalue weighted by Crippen LogP contribution is 2.44. The molecule has 0 saturated carbocycles. The Balaban J connectivity index is 1.93. The van der Waals surface area contributed by atoms with Gasteiger partial charge in [0.05, 0.1) is 30.3 Å². The molecule has 0 aliphatic carbocycles. The maximum absolute atomic E-state index is 13.3. The summed E-state index contributed by atoms with van der Waals surface area (Å²) in [5.41, 5.74) is 5.15. The van der Waals surface area contributed by atoms with Crippen LogP contribution in [0, 0.1) is 0 Å². The van der Waals surface area contributed by atoms with Crippen LogP contribution in [0.1, 0.15) is 50.5 Å². The van der Waals surface area contributed by atoms with Crippen LogP contribution in [-0.4, -0.2) is 30.3 Å². The van der Waals surface area contributed by atoms with Crippen molar-refractivity contribution in [3.63, 3.8) is 0 Å². The molecule has 1 aliphatic rings. The quantitative estimate of drug-likeness (QED) is 0.389. The SMILES string of the molecule is CCOC(=O)C1=C(C)NC(C)=C(C(=O)OCC)C1c1c(-c2ccccc2)noc1CCc1ccccc1. The molecule has 0 amide bonds. The predicted octanol–water partition coefficient (Wildman–Crippen LogP) is 5.49. The van der Waals surface area contributed by atoms with Crippen molar-refractivity contribution in [2.45, 2.75) is 46.5 Å². The Hall–Kier alpha value is -4.13. The molecule has 7 nitrogen and oxygen atoms in total. The molecule has 1 aromatic heterocycles. The van der Waals surface area contributed by atoms with Crippen molar-refractivity contribution in [3.05, 3.63) is 100 Å². The normalized spacial score (nSPS) is 13.9. The summed E-state index contributed by atoms with van der Waals surface area (Å²) in [4.78, 5) is 26.7. The minimum Gasteiger partial charge on any atom is -0.463 e. The highest BCUT2D eigenvalue weighted by atomic mass is 16.5. The zero-order valence-corrected chi connectivity index (χ0v) is 21.7. The van der Waals surface area contributed by atoms with Gasteiger partial charge >= 0.3 is 11.9 Å². The van der Waals surface area contributed by atoms with Gasteiger partial charge in [-0.25, -0.2) is 9.59 Å². The fourth-order valence-electron chi connectivity index (χ4n) is 4.76. The van der Waals surface area contributed by atoms with E-state index in [0.717, 1.165) is 11.1 Å². The molecule has 0 unspecified atom stereocenters. The third-order valence-electron chi connectivity index (χ3n) is 6.37. The van der Waals surface area contributed by atoms with Crippen LogP contribution in [0.5, 0.6) is 0 Å². The number of carbonyl (C=O) groups is 2. The van der Waals surface area contributed by atoms with Crippen molar-refractivity contribution in [2.24, 2.45) is 0 Å². The monoisotopic (exact) mass is 500 g/mol. The minimum absolute atomic E-state index is 0.204. The largest absolute Gasteiger partial charge is 0.463 e. The molecule has 3 aromatic rings. The Kier molecular flexibility index (Phi) is 8.23. The van der Waals surface area contributed by atoms with Crippen molar-refractivity contribution in [2.75, 3.05) is 13.2 Å². The summed E-state index contributed by atoms with van der Waals surface area (Å²) in [6, 6.07) is 19.7. The molecule has 0 atom stereocenters. The van der Waals surface area contributed by atoms with Crippen LogP contribution in [0.25, 0.3) is 11.3 Å². The number of rotatable bonds is 9. The van der Waals surface area contributed by atoms with E-state index in [2.05, 4.69) is 22.6 Å². The van der Waals surface area contributed by atoms with E-state index in [-0.39, 0.29) is 13.2 Å². The maximum atomic E-state index is 13.3. The molecule has 37 heavy (non-hydrogen) atoms. The number of dihydropyridines is 1. The third-order valence-corrected chi connectivity index (χ3v) is 6.37. The molecule has 0 fully saturated rings.